The zero-order chi connectivity index (χ0) is 74.2. The van der Waals surface area contributed by atoms with Gasteiger partial charge >= 0.3 is 0 Å². The number of benzene rings is 8. The normalized spacial score (nSPS) is 27.9. The van der Waals surface area contributed by atoms with Crippen LogP contribution in [0.1, 0.15) is 114 Å². The van der Waals surface area contributed by atoms with Gasteiger partial charge in [0, 0.05) is 38.1 Å². The third kappa shape index (κ3) is 17.0. The summed E-state index contributed by atoms with van der Waals surface area (Å²) < 4.78 is 23.9. The van der Waals surface area contributed by atoms with Gasteiger partial charge in [-0.2, -0.15) is 0 Å². The molecule has 2 aliphatic heterocycles. The third-order valence-electron chi connectivity index (χ3n) is 18.8. The molecule has 2 saturated heterocycles. The van der Waals surface area contributed by atoms with Gasteiger partial charge in [-0.05, 0) is 197 Å². The Morgan fingerprint density at radius 3 is 0.670 bits per heavy atom. The van der Waals surface area contributed by atoms with E-state index in [0.717, 1.165) is 22.3 Å². The highest BCUT2D eigenvalue weighted by molar-refractivity contribution is 5.74. The summed E-state index contributed by atoms with van der Waals surface area (Å²) in [5.74, 6) is -2.99. The molecular formula is C78H88O22. The smallest absolute Gasteiger partial charge is 0.240 e. The number of aliphatic hydroxyl groups is 8. The van der Waals surface area contributed by atoms with Crippen LogP contribution in [0.15, 0.2) is 170 Å². The Morgan fingerprint density at radius 1 is 0.250 bits per heavy atom. The number of ether oxygens (including phenoxy) is 4. The number of hydrogen-bond acceptors (Lipinski definition) is 22. The highest BCUT2D eigenvalue weighted by Crippen LogP contribution is 2.56. The van der Waals surface area contributed by atoms with Crippen molar-refractivity contribution in [1.82, 2.24) is 0 Å². The first kappa shape index (κ1) is 77.3. The van der Waals surface area contributed by atoms with E-state index in [4.69, 9.17) is 29.2 Å². The second-order valence-corrected chi connectivity index (χ2v) is 26.3. The average molecular weight is 1380 g/mol. The minimum atomic E-state index is -2.16. The van der Waals surface area contributed by atoms with Gasteiger partial charge < -0.3 is 111 Å². The Morgan fingerprint density at radius 2 is 0.450 bits per heavy atom. The van der Waals surface area contributed by atoms with Crippen molar-refractivity contribution in [1.29, 1.82) is 0 Å². The Bertz CT molecular complexity index is 3920. The van der Waals surface area contributed by atoms with Crippen molar-refractivity contribution in [2.45, 2.75) is 126 Å². The van der Waals surface area contributed by atoms with E-state index in [2.05, 4.69) is 0 Å². The Hall–Kier alpha value is -10.1. The van der Waals surface area contributed by atoms with Crippen LogP contribution < -0.4 is 9.47 Å². The minimum Gasteiger partial charge on any atom is -0.508 e. The summed E-state index contributed by atoms with van der Waals surface area (Å²) in [4.78, 5) is 0. The van der Waals surface area contributed by atoms with Crippen LogP contribution in [0.4, 0.5) is 0 Å². The first-order chi connectivity index (χ1) is 46.4. The van der Waals surface area contributed by atoms with Crippen molar-refractivity contribution in [2.75, 3.05) is 13.2 Å². The molecule has 10 rings (SSSR count). The van der Waals surface area contributed by atoms with Crippen LogP contribution in [0, 0.1) is 0 Å². The van der Waals surface area contributed by atoms with Gasteiger partial charge in [-0.15, -0.1) is 0 Å². The highest BCUT2D eigenvalue weighted by Gasteiger charge is 2.76. The molecule has 0 aromatic heterocycles. The molecule has 10 atom stereocenters. The number of hydrogen-bond donors (Lipinski definition) is 18. The second-order valence-electron chi connectivity index (χ2n) is 26.3. The molecule has 2 aliphatic rings. The van der Waals surface area contributed by atoms with Gasteiger partial charge in [0.1, 0.15) is 103 Å². The van der Waals surface area contributed by atoms with Crippen molar-refractivity contribution < 1.29 is 111 Å². The van der Waals surface area contributed by atoms with Gasteiger partial charge in [-0.3, -0.25) is 0 Å². The van der Waals surface area contributed by atoms with Crippen LogP contribution in [-0.2, 0) is 9.47 Å². The van der Waals surface area contributed by atoms with E-state index in [1.54, 1.807) is 170 Å². The van der Waals surface area contributed by atoms with Gasteiger partial charge in [-0.25, -0.2) is 0 Å². The number of rotatable bonds is 14. The fraction of sp³-hybridized carbons (Fsp3) is 0.282. The molecule has 100 heavy (non-hydrogen) atoms. The monoisotopic (exact) mass is 1380 g/mol. The molecular weight excluding hydrogens is 1290 g/mol. The molecule has 0 bridgehead atoms. The van der Waals surface area contributed by atoms with Crippen LogP contribution in [-0.4, -0.2) is 162 Å². The molecule has 4 unspecified atom stereocenters. The van der Waals surface area contributed by atoms with Crippen molar-refractivity contribution in [3.63, 3.8) is 0 Å². The van der Waals surface area contributed by atoms with Crippen molar-refractivity contribution in [2.24, 2.45) is 0 Å². The largest absolute Gasteiger partial charge is 0.508 e. The molecule has 22 nitrogen and oxygen atoms in total. The zero-order valence-electron chi connectivity index (χ0n) is 56.9. The van der Waals surface area contributed by atoms with Crippen molar-refractivity contribution in [3.8, 4) is 69.0 Å². The highest BCUT2D eigenvalue weighted by atomic mass is 16.7. The van der Waals surface area contributed by atoms with E-state index in [-0.39, 0.29) is 69.0 Å². The van der Waals surface area contributed by atoms with Crippen LogP contribution in [0.5, 0.6) is 69.0 Å². The van der Waals surface area contributed by atoms with Crippen LogP contribution in [0.25, 0.3) is 48.6 Å². The van der Waals surface area contributed by atoms with E-state index in [1.807, 2.05) is 12.2 Å². The topological polar surface area (TPSA) is 401 Å². The number of aromatic hydroxyl groups is 10. The minimum absolute atomic E-state index is 0.0235. The predicted octanol–water partition coefficient (Wildman–Crippen LogP) is 10.7. The number of phenols is 10. The summed E-state index contributed by atoms with van der Waals surface area (Å²) in [6, 6.07) is 44.2. The molecule has 0 aliphatic carbocycles. The number of aliphatic hydroxyl groups excluding tert-OH is 2. The third-order valence-corrected chi connectivity index (χ3v) is 18.8. The molecule has 0 amide bonds. The lowest BCUT2D eigenvalue weighted by Crippen LogP contribution is -2.85. The lowest BCUT2D eigenvalue weighted by atomic mass is 9.61. The number of phenolic OH excluding ortho intramolecular Hbond substituents is 10. The van der Waals surface area contributed by atoms with Crippen LogP contribution in [0.2, 0.25) is 0 Å². The lowest BCUT2D eigenvalue weighted by molar-refractivity contribution is -0.441. The van der Waals surface area contributed by atoms with Crippen molar-refractivity contribution in [3.05, 3.63) is 214 Å². The second kappa shape index (κ2) is 29.8. The van der Waals surface area contributed by atoms with E-state index in [9.17, 15) is 81.7 Å². The average Bonchev–Trinajstić information content (AvgIpc) is 0.695. The molecule has 22 heteroatoms. The van der Waals surface area contributed by atoms with E-state index in [1.165, 1.54) is 106 Å². The van der Waals surface area contributed by atoms with Crippen LogP contribution >= 0.6 is 0 Å². The summed E-state index contributed by atoms with van der Waals surface area (Å²) in [6.07, 6.45) is 14.2. The standard InChI is InChI=1S/2C25H32O8.2C14H12O3/c2*1-21(15-26)22(2,29)23(3,30)24(4,31)25(5,33-21)32-20-13-17(12-19(28)14-20)7-6-16-8-10-18(27)11-9-16;2*15-12-5-3-10(4-6-12)1-2-11-7-13(16)9-14(17)8-11/h2*6-14,26-31H,15H2,1-5H3;2*1-9,15-17H/b7-6+;7-6-;2-1+;2-1-/t2*21?,22-,23-,24?,25-;;/m11../s1. The zero-order valence-corrected chi connectivity index (χ0v) is 56.9. The molecule has 532 valence electrons. The summed E-state index contributed by atoms with van der Waals surface area (Å²) >= 11 is 0. The summed E-state index contributed by atoms with van der Waals surface area (Å²) in [5, 5.41) is 182. The summed E-state index contributed by atoms with van der Waals surface area (Å²) in [5.41, 5.74) is -10.1. The Kier molecular flexibility index (Phi) is 23.0. The molecule has 8 aromatic rings. The van der Waals surface area contributed by atoms with Gasteiger partial charge in [0.15, 0.2) is 11.2 Å². The SMILES string of the molecule is CC1(O)[C@](C)(Oc2cc(O)cc(/C=C/c3ccc(O)cc3)c2)OC(C)(CO)[C@@](C)(O)[C@@]1(C)O.CC1(O)[C@](C)(Oc2cc(O)cc(/C=C\c3ccc(O)cc3)c2)OC(C)(CO)[C@@](C)(O)[C@@]1(C)O.Oc1ccc(/C=C/c2cc(O)cc(O)c2)cc1.Oc1ccc(/C=C\c2cc(O)cc(O)c2)cc1. The van der Waals surface area contributed by atoms with Crippen LogP contribution in [0.3, 0.4) is 0 Å². The maximum Gasteiger partial charge on any atom is 0.240 e. The van der Waals surface area contributed by atoms with Gasteiger partial charge in [0.25, 0.3) is 0 Å². The molecule has 8 aromatic carbocycles. The quantitative estimate of drug-likeness (QED) is 0.0450. The van der Waals surface area contributed by atoms with Gasteiger partial charge in [0.2, 0.25) is 11.6 Å². The first-order valence-corrected chi connectivity index (χ1v) is 31.4. The van der Waals surface area contributed by atoms with Gasteiger partial charge in [0.05, 0.1) is 13.2 Å². The molecule has 0 spiro atoms. The molecule has 0 saturated carbocycles. The summed E-state index contributed by atoms with van der Waals surface area (Å²) in [6.45, 7) is 11.9. The first-order valence-electron chi connectivity index (χ1n) is 31.4. The fourth-order valence-corrected chi connectivity index (χ4v) is 11.2. The van der Waals surface area contributed by atoms with Crippen molar-refractivity contribution >= 4 is 48.6 Å². The maximum atomic E-state index is 11.3. The van der Waals surface area contributed by atoms with E-state index in [0.29, 0.717) is 22.3 Å². The molecule has 2 fully saturated rings. The van der Waals surface area contributed by atoms with E-state index < -0.39 is 69.6 Å². The maximum absolute atomic E-state index is 11.3. The Labute approximate surface area is 579 Å². The lowest BCUT2D eigenvalue weighted by Gasteiger charge is -2.64. The molecule has 0 radical (unpaired) electrons. The Balaban J connectivity index is 0.000000196. The summed E-state index contributed by atoms with van der Waals surface area (Å²) in [7, 11) is 0. The molecule has 2 heterocycles. The fourth-order valence-electron chi connectivity index (χ4n) is 11.2. The predicted molar refractivity (Wildman–Crippen MR) is 379 cm³/mol. The van der Waals surface area contributed by atoms with Gasteiger partial charge in [-0.1, -0.05) is 97.1 Å². The molecule has 18 N–H and O–H groups in total. The van der Waals surface area contributed by atoms with E-state index >= 15 is 0 Å².